The molecule has 1 saturated carbocycles. The highest BCUT2D eigenvalue weighted by atomic mass is 35.5. The summed E-state index contributed by atoms with van der Waals surface area (Å²) in [5.74, 6) is 1.09. The first-order chi connectivity index (χ1) is 7.78. The SMILES string of the molecule is OCC1CCC(Oc2ccc(Cl)cn2)CC1. The Bertz CT molecular complexity index is 320. The van der Waals surface area contributed by atoms with Crippen LogP contribution in [0.15, 0.2) is 18.3 Å². The lowest BCUT2D eigenvalue weighted by molar-refractivity contribution is 0.100. The van der Waals surface area contributed by atoms with Crippen LogP contribution in [0.5, 0.6) is 5.88 Å². The molecule has 3 nitrogen and oxygen atoms in total. The molecule has 0 bridgehead atoms. The van der Waals surface area contributed by atoms with Crippen molar-refractivity contribution in [3.63, 3.8) is 0 Å². The maximum absolute atomic E-state index is 9.03. The summed E-state index contributed by atoms with van der Waals surface area (Å²) in [4.78, 5) is 4.11. The molecule has 1 aromatic heterocycles. The summed E-state index contributed by atoms with van der Waals surface area (Å²) in [6, 6.07) is 3.57. The molecule has 0 spiro atoms. The minimum absolute atomic E-state index is 0.233. The fraction of sp³-hybridized carbons (Fsp3) is 0.583. The molecular weight excluding hydrogens is 226 g/mol. The quantitative estimate of drug-likeness (QED) is 0.885. The predicted molar refractivity (Wildman–Crippen MR) is 62.7 cm³/mol. The fourth-order valence-electron chi connectivity index (χ4n) is 2.04. The predicted octanol–water partition coefficient (Wildman–Crippen LogP) is 2.66. The van der Waals surface area contributed by atoms with E-state index in [0.29, 0.717) is 23.4 Å². The third-order valence-electron chi connectivity index (χ3n) is 3.04. The number of nitrogens with zero attached hydrogens (tertiary/aromatic N) is 1. The largest absolute Gasteiger partial charge is 0.474 e. The first kappa shape index (κ1) is 11.7. The van der Waals surface area contributed by atoms with Crippen molar-refractivity contribution in [3.8, 4) is 5.88 Å². The van der Waals surface area contributed by atoms with Gasteiger partial charge >= 0.3 is 0 Å². The van der Waals surface area contributed by atoms with Crippen molar-refractivity contribution in [2.24, 2.45) is 5.92 Å². The van der Waals surface area contributed by atoms with Crippen molar-refractivity contribution in [3.05, 3.63) is 23.4 Å². The summed E-state index contributed by atoms with van der Waals surface area (Å²) in [6.45, 7) is 0.298. The van der Waals surface area contributed by atoms with Gasteiger partial charge in [0, 0.05) is 18.9 Å². The minimum atomic E-state index is 0.233. The van der Waals surface area contributed by atoms with E-state index in [-0.39, 0.29) is 6.10 Å². The van der Waals surface area contributed by atoms with E-state index in [1.807, 2.05) is 0 Å². The van der Waals surface area contributed by atoms with E-state index in [4.69, 9.17) is 21.4 Å². The molecule has 0 amide bonds. The Labute approximate surface area is 100 Å². The molecule has 0 unspecified atom stereocenters. The Kier molecular flexibility index (Phi) is 4.02. The summed E-state index contributed by atoms with van der Waals surface area (Å²) >= 11 is 5.75. The second kappa shape index (κ2) is 5.51. The van der Waals surface area contributed by atoms with Crippen LogP contribution in [0.2, 0.25) is 5.02 Å². The lowest BCUT2D eigenvalue weighted by atomic mass is 9.88. The van der Waals surface area contributed by atoms with Gasteiger partial charge in [-0.15, -0.1) is 0 Å². The summed E-state index contributed by atoms with van der Waals surface area (Å²) in [5, 5.41) is 9.65. The van der Waals surface area contributed by atoms with Crippen LogP contribution in [0.3, 0.4) is 0 Å². The number of aliphatic hydroxyl groups excluding tert-OH is 1. The van der Waals surface area contributed by atoms with Crippen molar-refractivity contribution < 1.29 is 9.84 Å². The van der Waals surface area contributed by atoms with Crippen molar-refractivity contribution in [2.45, 2.75) is 31.8 Å². The van der Waals surface area contributed by atoms with Crippen LogP contribution in [0.1, 0.15) is 25.7 Å². The van der Waals surface area contributed by atoms with Crippen molar-refractivity contribution in [2.75, 3.05) is 6.61 Å². The van der Waals surface area contributed by atoms with Crippen LogP contribution in [0, 0.1) is 5.92 Å². The van der Waals surface area contributed by atoms with E-state index in [0.717, 1.165) is 25.7 Å². The smallest absolute Gasteiger partial charge is 0.213 e. The number of hydrogen-bond acceptors (Lipinski definition) is 3. The van der Waals surface area contributed by atoms with Gasteiger partial charge < -0.3 is 9.84 Å². The highest BCUT2D eigenvalue weighted by Crippen LogP contribution is 2.26. The number of hydrogen-bond donors (Lipinski definition) is 1. The molecule has 1 aliphatic rings. The minimum Gasteiger partial charge on any atom is -0.474 e. The van der Waals surface area contributed by atoms with Crippen LogP contribution in [-0.2, 0) is 0 Å². The summed E-state index contributed by atoms with van der Waals surface area (Å²) < 4.78 is 5.75. The molecule has 0 radical (unpaired) electrons. The van der Waals surface area contributed by atoms with Gasteiger partial charge in [-0.25, -0.2) is 4.98 Å². The number of ether oxygens (including phenoxy) is 1. The van der Waals surface area contributed by atoms with Crippen LogP contribution in [-0.4, -0.2) is 22.8 Å². The zero-order chi connectivity index (χ0) is 11.4. The average Bonchev–Trinajstić information content (AvgIpc) is 2.33. The molecule has 1 fully saturated rings. The summed E-state index contributed by atoms with van der Waals surface area (Å²) in [7, 11) is 0. The fourth-order valence-corrected chi connectivity index (χ4v) is 2.15. The van der Waals surface area contributed by atoms with Crippen LogP contribution < -0.4 is 4.74 Å². The highest BCUT2D eigenvalue weighted by Gasteiger charge is 2.21. The van der Waals surface area contributed by atoms with Crippen LogP contribution in [0.4, 0.5) is 0 Å². The van der Waals surface area contributed by atoms with Crippen molar-refractivity contribution >= 4 is 11.6 Å². The maximum atomic E-state index is 9.03. The molecule has 4 heteroatoms. The van der Waals surface area contributed by atoms with E-state index < -0.39 is 0 Å². The number of pyridine rings is 1. The number of halogens is 1. The molecule has 0 atom stereocenters. The van der Waals surface area contributed by atoms with Gasteiger partial charge in [0.25, 0.3) is 0 Å². The molecule has 1 N–H and O–H groups in total. The lowest BCUT2D eigenvalue weighted by Gasteiger charge is -2.27. The zero-order valence-electron chi connectivity index (χ0n) is 9.10. The first-order valence-electron chi connectivity index (χ1n) is 5.67. The second-order valence-electron chi connectivity index (χ2n) is 4.26. The van der Waals surface area contributed by atoms with Crippen molar-refractivity contribution in [1.82, 2.24) is 4.98 Å². The molecule has 1 heterocycles. The third kappa shape index (κ3) is 3.09. The second-order valence-corrected chi connectivity index (χ2v) is 4.69. The van der Waals surface area contributed by atoms with E-state index in [2.05, 4.69) is 4.98 Å². The number of rotatable bonds is 3. The van der Waals surface area contributed by atoms with Gasteiger partial charge in [0.2, 0.25) is 5.88 Å². The van der Waals surface area contributed by atoms with Crippen LogP contribution in [0.25, 0.3) is 0 Å². The summed E-state index contributed by atoms with van der Waals surface area (Å²) in [5.41, 5.74) is 0. The molecule has 0 aromatic carbocycles. The van der Waals surface area contributed by atoms with Gasteiger partial charge in [-0.2, -0.15) is 0 Å². The lowest BCUT2D eigenvalue weighted by Crippen LogP contribution is -2.25. The standard InChI is InChI=1S/C12H16ClNO2/c13-10-3-6-12(14-7-10)16-11-4-1-9(8-15)2-5-11/h3,6-7,9,11,15H,1-2,4-5,8H2. The van der Waals surface area contributed by atoms with Gasteiger partial charge in [0.1, 0.15) is 6.10 Å². The van der Waals surface area contributed by atoms with Crippen molar-refractivity contribution in [1.29, 1.82) is 0 Å². The molecule has 0 saturated heterocycles. The molecule has 2 rings (SSSR count). The Morgan fingerprint density at radius 1 is 1.31 bits per heavy atom. The molecule has 1 aromatic rings. The normalized spacial score (nSPS) is 25.4. The van der Waals surface area contributed by atoms with E-state index in [1.165, 1.54) is 0 Å². The summed E-state index contributed by atoms with van der Waals surface area (Å²) in [6.07, 6.45) is 5.89. The highest BCUT2D eigenvalue weighted by molar-refractivity contribution is 6.30. The zero-order valence-corrected chi connectivity index (χ0v) is 9.86. The Morgan fingerprint density at radius 3 is 2.62 bits per heavy atom. The molecule has 16 heavy (non-hydrogen) atoms. The third-order valence-corrected chi connectivity index (χ3v) is 3.26. The van der Waals surface area contributed by atoms with E-state index in [9.17, 15) is 0 Å². The van der Waals surface area contributed by atoms with E-state index >= 15 is 0 Å². The Morgan fingerprint density at radius 2 is 2.06 bits per heavy atom. The Balaban J connectivity index is 1.84. The monoisotopic (exact) mass is 241 g/mol. The number of aliphatic hydroxyl groups is 1. The maximum Gasteiger partial charge on any atom is 0.213 e. The molecule has 1 aliphatic carbocycles. The average molecular weight is 242 g/mol. The molecular formula is C12H16ClNO2. The van der Waals surface area contributed by atoms with Gasteiger partial charge in [0.15, 0.2) is 0 Å². The van der Waals surface area contributed by atoms with Gasteiger partial charge in [-0.3, -0.25) is 0 Å². The number of aromatic nitrogens is 1. The molecule has 0 aliphatic heterocycles. The van der Waals surface area contributed by atoms with Gasteiger partial charge in [-0.1, -0.05) is 11.6 Å². The molecule has 88 valence electrons. The Hall–Kier alpha value is -0.800. The van der Waals surface area contributed by atoms with Gasteiger partial charge in [0.05, 0.1) is 5.02 Å². The first-order valence-corrected chi connectivity index (χ1v) is 6.05. The van der Waals surface area contributed by atoms with Gasteiger partial charge in [-0.05, 0) is 37.7 Å². The van der Waals surface area contributed by atoms with Crippen LogP contribution >= 0.6 is 11.6 Å². The van der Waals surface area contributed by atoms with E-state index in [1.54, 1.807) is 18.3 Å². The topological polar surface area (TPSA) is 42.4 Å².